The molecule has 0 N–H and O–H groups in total. The first kappa shape index (κ1) is 14.3. The molecule has 3 rings (SSSR count). The number of hydrogen-bond donors (Lipinski definition) is 0. The van der Waals surface area contributed by atoms with E-state index in [0.717, 1.165) is 22.5 Å². The molecular formula is C18H18N2O2. The molecule has 0 amide bonds. The Hall–Kier alpha value is -2.62. The van der Waals surface area contributed by atoms with Gasteiger partial charge in [0.05, 0.1) is 0 Å². The summed E-state index contributed by atoms with van der Waals surface area (Å²) < 4.78 is 1.83. The maximum atomic E-state index is 11.8. The van der Waals surface area contributed by atoms with E-state index in [2.05, 4.69) is 0 Å². The summed E-state index contributed by atoms with van der Waals surface area (Å²) in [6.07, 6.45) is 0. The van der Waals surface area contributed by atoms with Crippen LogP contribution in [0.2, 0.25) is 0 Å². The number of aryl methyl sites for hydroxylation is 2. The van der Waals surface area contributed by atoms with Gasteiger partial charge in [-0.2, -0.15) is 0 Å². The molecule has 0 unspecified atom stereocenters. The molecular weight excluding hydrogens is 276 g/mol. The second-order valence-corrected chi connectivity index (χ2v) is 5.49. The van der Waals surface area contributed by atoms with E-state index in [4.69, 9.17) is 0 Å². The average molecular weight is 294 g/mol. The fraction of sp³-hybridized carbons (Fsp3) is 0.222. The van der Waals surface area contributed by atoms with Crippen LogP contribution < -0.4 is 10.0 Å². The highest BCUT2D eigenvalue weighted by Gasteiger charge is 2.35. The Morgan fingerprint density at radius 1 is 1.05 bits per heavy atom. The Morgan fingerprint density at radius 3 is 2.32 bits per heavy atom. The van der Waals surface area contributed by atoms with Crippen LogP contribution >= 0.6 is 0 Å². The van der Waals surface area contributed by atoms with E-state index in [-0.39, 0.29) is 5.84 Å². The van der Waals surface area contributed by atoms with Gasteiger partial charge < -0.3 is 9.90 Å². The van der Waals surface area contributed by atoms with Crippen molar-refractivity contribution in [3.8, 4) is 0 Å². The molecule has 0 fully saturated rings. The number of carboxylic acids is 1. The largest absolute Gasteiger partial charge is 0.538 e. The van der Waals surface area contributed by atoms with E-state index >= 15 is 0 Å². The van der Waals surface area contributed by atoms with Crippen LogP contribution in [0.4, 0.5) is 11.4 Å². The number of benzene rings is 2. The van der Waals surface area contributed by atoms with Crippen molar-refractivity contribution in [2.24, 2.45) is 0 Å². The van der Waals surface area contributed by atoms with Gasteiger partial charge in [0, 0.05) is 0 Å². The lowest BCUT2D eigenvalue weighted by atomic mass is 10.2. The minimum absolute atomic E-state index is 0.212. The number of aliphatic carboxylic acids is 1. The molecule has 22 heavy (non-hydrogen) atoms. The van der Waals surface area contributed by atoms with Crippen LogP contribution in [0.1, 0.15) is 11.1 Å². The van der Waals surface area contributed by atoms with Gasteiger partial charge in [-0.25, -0.2) is 9.48 Å². The van der Waals surface area contributed by atoms with Gasteiger partial charge in [-0.15, -0.1) is 0 Å². The van der Waals surface area contributed by atoms with Gasteiger partial charge in [0.25, 0.3) is 0 Å². The Kier molecular flexibility index (Phi) is 3.67. The van der Waals surface area contributed by atoms with Crippen LogP contribution in [0, 0.1) is 13.8 Å². The first-order valence-electron chi connectivity index (χ1n) is 7.34. The predicted molar refractivity (Wildman–Crippen MR) is 84.5 cm³/mol. The van der Waals surface area contributed by atoms with Crippen LogP contribution in [0.5, 0.6) is 0 Å². The third kappa shape index (κ3) is 2.37. The number of para-hydroxylation sites is 2. The molecule has 0 bridgehead atoms. The van der Waals surface area contributed by atoms with Crippen LogP contribution in [-0.4, -0.2) is 29.5 Å². The second-order valence-electron chi connectivity index (χ2n) is 5.49. The molecule has 1 aliphatic rings. The molecule has 0 saturated heterocycles. The number of anilines is 1. The summed E-state index contributed by atoms with van der Waals surface area (Å²) >= 11 is 0. The van der Waals surface area contributed by atoms with Gasteiger partial charge in [0.1, 0.15) is 24.5 Å². The Bertz CT molecular complexity index is 765. The summed E-state index contributed by atoms with van der Waals surface area (Å²) in [5.74, 6) is -0.937. The monoisotopic (exact) mass is 294 g/mol. The molecule has 2 aromatic carbocycles. The highest BCUT2D eigenvalue weighted by atomic mass is 16.4. The molecule has 0 atom stereocenters. The lowest BCUT2D eigenvalue weighted by Gasteiger charge is -2.16. The summed E-state index contributed by atoms with van der Waals surface area (Å²) in [5, 5.41) is 11.8. The van der Waals surface area contributed by atoms with Gasteiger partial charge in [-0.05, 0) is 37.1 Å². The average Bonchev–Trinajstić information content (AvgIpc) is 2.93. The molecule has 2 aromatic rings. The maximum Gasteiger partial charge on any atom is 0.305 e. The van der Waals surface area contributed by atoms with Gasteiger partial charge in [0.15, 0.2) is 5.97 Å². The van der Waals surface area contributed by atoms with Crippen molar-refractivity contribution in [1.82, 2.24) is 0 Å². The quantitative estimate of drug-likeness (QED) is 0.808. The second kappa shape index (κ2) is 5.64. The van der Waals surface area contributed by atoms with Gasteiger partial charge in [0.2, 0.25) is 0 Å². The van der Waals surface area contributed by atoms with E-state index < -0.39 is 5.97 Å². The summed E-state index contributed by atoms with van der Waals surface area (Å²) in [4.78, 5) is 13.6. The highest BCUT2D eigenvalue weighted by Crippen LogP contribution is 2.26. The number of carbonyl (C=O) groups excluding carboxylic acids is 1. The number of carbonyl (C=O) groups is 1. The smallest absolute Gasteiger partial charge is 0.305 e. The van der Waals surface area contributed by atoms with Crippen molar-refractivity contribution in [3.05, 3.63) is 59.7 Å². The fourth-order valence-electron chi connectivity index (χ4n) is 2.98. The van der Waals surface area contributed by atoms with Gasteiger partial charge in [-0.3, -0.25) is 0 Å². The topological polar surface area (TPSA) is 46.4 Å². The third-order valence-corrected chi connectivity index (χ3v) is 4.05. The lowest BCUT2D eigenvalue weighted by Crippen LogP contribution is -2.44. The van der Waals surface area contributed by atoms with Crippen molar-refractivity contribution in [1.29, 1.82) is 0 Å². The van der Waals surface area contributed by atoms with Crippen LogP contribution in [-0.2, 0) is 4.79 Å². The molecule has 4 nitrogen and oxygen atoms in total. The number of carboxylic acid groups (broad SMARTS) is 1. The zero-order chi connectivity index (χ0) is 15.7. The van der Waals surface area contributed by atoms with Crippen molar-refractivity contribution in [2.45, 2.75) is 13.8 Å². The molecule has 0 spiro atoms. The predicted octanol–water partition coefficient (Wildman–Crippen LogP) is 1.62. The maximum absolute atomic E-state index is 11.8. The zero-order valence-corrected chi connectivity index (χ0v) is 12.7. The summed E-state index contributed by atoms with van der Waals surface area (Å²) in [6, 6.07) is 15.6. The summed E-state index contributed by atoms with van der Waals surface area (Å²) in [5.41, 5.74) is 3.93. The molecule has 0 aliphatic carbocycles. The van der Waals surface area contributed by atoms with Crippen molar-refractivity contribution < 1.29 is 14.5 Å². The summed E-state index contributed by atoms with van der Waals surface area (Å²) in [7, 11) is 0. The van der Waals surface area contributed by atoms with E-state index in [0.29, 0.717) is 13.1 Å². The lowest BCUT2D eigenvalue weighted by molar-refractivity contribution is -0.432. The van der Waals surface area contributed by atoms with E-state index in [1.54, 1.807) is 0 Å². The molecule has 0 aromatic heterocycles. The Labute approximate surface area is 129 Å². The number of nitrogens with zero attached hydrogens (tertiary/aromatic N) is 2. The minimum atomic E-state index is -1.15. The molecule has 0 radical (unpaired) electrons. The fourth-order valence-corrected chi connectivity index (χ4v) is 2.98. The van der Waals surface area contributed by atoms with Gasteiger partial charge >= 0.3 is 5.84 Å². The standard InChI is InChI=1S/C18H18N2O2/c1-13-7-3-5-9-15(13)19-11-12-20(17(19)18(21)22)16-10-6-4-8-14(16)2/h3-10H,11-12H2,1-2H3. The van der Waals surface area contributed by atoms with E-state index in [1.807, 2.05) is 71.9 Å². The highest BCUT2D eigenvalue weighted by molar-refractivity contribution is 6.37. The Balaban J connectivity index is 2.15. The van der Waals surface area contributed by atoms with Gasteiger partial charge in [-0.1, -0.05) is 36.4 Å². The van der Waals surface area contributed by atoms with E-state index in [1.165, 1.54) is 0 Å². The zero-order valence-electron chi connectivity index (χ0n) is 12.7. The van der Waals surface area contributed by atoms with Crippen LogP contribution in [0.25, 0.3) is 0 Å². The molecule has 112 valence electrons. The van der Waals surface area contributed by atoms with Crippen molar-refractivity contribution >= 4 is 23.2 Å². The normalized spacial score (nSPS) is 14.5. The first-order chi connectivity index (χ1) is 10.6. The molecule has 1 aliphatic heterocycles. The van der Waals surface area contributed by atoms with Crippen LogP contribution in [0.15, 0.2) is 48.5 Å². The molecule has 4 heteroatoms. The number of hydrogen-bond acceptors (Lipinski definition) is 3. The number of amidine groups is 1. The summed E-state index contributed by atoms with van der Waals surface area (Å²) in [6.45, 7) is 5.22. The third-order valence-electron chi connectivity index (χ3n) is 4.05. The van der Waals surface area contributed by atoms with Crippen molar-refractivity contribution in [2.75, 3.05) is 18.0 Å². The molecule has 1 heterocycles. The van der Waals surface area contributed by atoms with Crippen LogP contribution in [0.3, 0.4) is 0 Å². The SMILES string of the molecule is Cc1ccccc1N1CC[N+](c2ccccc2C)=C1C(=O)[O-]. The first-order valence-corrected chi connectivity index (χ1v) is 7.34. The molecule has 0 saturated carbocycles. The Morgan fingerprint density at radius 2 is 1.68 bits per heavy atom. The minimum Gasteiger partial charge on any atom is -0.538 e. The van der Waals surface area contributed by atoms with Crippen molar-refractivity contribution in [3.63, 3.8) is 0 Å². The number of rotatable bonds is 3. The van der Waals surface area contributed by atoms with E-state index in [9.17, 15) is 9.90 Å².